The molecule has 18 heavy (non-hydrogen) atoms. The summed E-state index contributed by atoms with van der Waals surface area (Å²) in [6.45, 7) is 0.663. The van der Waals surface area contributed by atoms with Gasteiger partial charge in [0.2, 0.25) is 5.91 Å². The van der Waals surface area contributed by atoms with Crippen LogP contribution in [0.5, 0.6) is 0 Å². The number of hydrogen-bond donors (Lipinski definition) is 2. The van der Waals surface area contributed by atoms with Crippen LogP contribution in [0, 0.1) is 0 Å². The Morgan fingerprint density at radius 2 is 2.06 bits per heavy atom. The maximum atomic E-state index is 10.6. The first-order chi connectivity index (χ1) is 8.74. The molecule has 0 atom stereocenters. The van der Waals surface area contributed by atoms with E-state index in [4.69, 9.17) is 5.73 Å². The van der Waals surface area contributed by atoms with E-state index in [1.54, 1.807) is 23.3 Å². The van der Waals surface area contributed by atoms with Crippen LogP contribution in [0.4, 0.5) is 11.4 Å². The lowest BCUT2D eigenvalue weighted by Gasteiger charge is -2.01. The zero-order chi connectivity index (χ0) is 12.8. The molecule has 7 nitrogen and oxygen atoms in total. The fourth-order valence-electron chi connectivity index (χ4n) is 1.50. The Morgan fingerprint density at radius 3 is 2.78 bits per heavy atom. The molecular weight excluding hydrogens is 232 g/mol. The van der Waals surface area contributed by atoms with Crippen molar-refractivity contribution in [2.45, 2.75) is 19.4 Å². The fourth-order valence-corrected chi connectivity index (χ4v) is 1.50. The number of nitrogens with zero attached hydrogens (tertiary/aromatic N) is 4. The molecule has 0 radical (unpaired) electrons. The number of amides is 1. The van der Waals surface area contributed by atoms with Crippen molar-refractivity contribution in [2.75, 3.05) is 5.32 Å². The van der Waals surface area contributed by atoms with E-state index in [0.717, 1.165) is 11.4 Å². The molecule has 94 valence electrons. The normalized spacial score (nSPS) is 10.2. The van der Waals surface area contributed by atoms with Crippen molar-refractivity contribution in [1.29, 1.82) is 0 Å². The van der Waals surface area contributed by atoms with Crippen LogP contribution in [0.25, 0.3) is 0 Å². The number of anilines is 2. The number of carbonyl (C=O) groups excluding carboxylic acids is 1. The van der Waals surface area contributed by atoms with Crippen molar-refractivity contribution in [3.63, 3.8) is 0 Å². The predicted molar refractivity (Wildman–Crippen MR) is 66.0 cm³/mol. The highest BCUT2D eigenvalue weighted by molar-refractivity contribution is 5.73. The standard InChI is InChI=1S/C11H14N6O/c12-11(18)2-1-3-17-7-10(6-15-17)16-9-4-13-8-14-5-9/h4-8,16H,1-3H2,(H2,12,18). The van der Waals surface area contributed by atoms with Gasteiger partial charge in [0.25, 0.3) is 0 Å². The Balaban J connectivity index is 1.88. The third-order valence-electron chi connectivity index (χ3n) is 2.29. The summed E-state index contributed by atoms with van der Waals surface area (Å²) in [5, 5.41) is 7.29. The number of carbonyl (C=O) groups is 1. The molecule has 1 amide bonds. The topological polar surface area (TPSA) is 98.7 Å². The van der Waals surface area contributed by atoms with Gasteiger partial charge in [-0.05, 0) is 6.42 Å². The summed E-state index contributed by atoms with van der Waals surface area (Å²) in [5.74, 6) is -0.290. The maximum absolute atomic E-state index is 10.6. The molecule has 0 saturated carbocycles. The highest BCUT2D eigenvalue weighted by atomic mass is 16.1. The van der Waals surface area contributed by atoms with Gasteiger partial charge in [-0.25, -0.2) is 9.97 Å². The minimum atomic E-state index is -0.290. The Hall–Kier alpha value is -2.44. The first-order valence-electron chi connectivity index (χ1n) is 5.57. The van der Waals surface area contributed by atoms with E-state index in [1.165, 1.54) is 6.33 Å². The van der Waals surface area contributed by atoms with Crippen molar-refractivity contribution >= 4 is 17.3 Å². The Bertz CT molecular complexity index is 509. The molecule has 7 heteroatoms. The molecule has 0 aliphatic rings. The van der Waals surface area contributed by atoms with Crippen LogP contribution in [0.1, 0.15) is 12.8 Å². The lowest BCUT2D eigenvalue weighted by molar-refractivity contribution is -0.118. The van der Waals surface area contributed by atoms with Gasteiger partial charge in [0.1, 0.15) is 6.33 Å². The molecule has 0 fully saturated rings. The molecule has 2 aromatic heterocycles. The number of nitrogens with two attached hydrogens (primary N) is 1. The van der Waals surface area contributed by atoms with Gasteiger partial charge in [0, 0.05) is 19.2 Å². The van der Waals surface area contributed by atoms with Crippen molar-refractivity contribution in [3.8, 4) is 0 Å². The highest BCUT2D eigenvalue weighted by Gasteiger charge is 2.00. The van der Waals surface area contributed by atoms with Crippen molar-refractivity contribution < 1.29 is 4.79 Å². The van der Waals surface area contributed by atoms with Gasteiger partial charge in [0.15, 0.2) is 0 Å². The van der Waals surface area contributed by atoms with Crippen molar-refractivity contribution in [2.24, 2.45) is 5.73 Å². The summed E-state index contributed by atoms with van der Waals surface area (Å²) in [5.41, 5.74) is 6.72. The summed E-state index contributed by atoms with van der Waals surface area (Å²) >= 11 is 0. The van der Waals surface area contributed by atoms with E-state index >= 15 is 0 Å². The number of aryl methyl sites for hydroxylation is 1. The van der Waals surface area contributed by atoms with Crippen LogP contribution in [0.15, 0.2) is 31.1 Å². The van der Waals surface area contributed by atoms with E-state index in [0.29, 0.717) is 19.4 Å². The van der Waals surface area contributed by atoms with Crippen molar-refractivity contribution in [3.05, 3.63) is 31.1 Å². The zero-order valence-corrected chi connectivity index (χ0v) is 9.78. The Labute approximate surface area is 104 Å². The average molecular weight is 246 g/mol. The van der Waals surface area contributed by atoms with Crippen LogP contribution < -0.4 is 11.1 Å². The fraction of sp³-hybridized carbons (Fsp3) is 0.273. The Kier molecular flexibility index (Phi) is 3.85. The molecule has 0 bridgehead atoms. The first kappa shape index (κ1) is 12.0. The molecule has 3 N–H and O–H groups in total. The molecular formula is C11H14N6O. The maximum Gasteiger partial charge on any atom is 0.217 e. The molecule has 0 aromatic carbocycles. The smallest absolute Gasteiger partial charge is 0.217 e. The third kappa shape index (κ3) is 3.55. The summed E-state index contributed by atoms with van der Waals surface area (Å²) in [7, 11) is 0. The predicted octanol–water partition coefficient (Wildman–Crippen LogP) is 0.682. The van der Waals surface area contributed by atoms with Crippen LogP contribution in [0.3, 0.4) is 0 Å². The summed E-state index contributed by atoms with van der Waals surface area (Å²) in [6.07, 6.45) is 9.44. The summed E-state index contributed by atoms with van der Waals surface area (Å²) < 4.78 is 1.76. The minimum Gasteiger partial charge on any atom is -0.370 e. The average Bonchev–Trinajstić information content (AvgIpc) is 2.78. The van der Waals surface area contributed by atoms with Gasteiger partial charge >= 0.3 is 0 Å². The molecule has 0 saturated heterocycles. The molecule has 0 spiro atoms. The zero-order valence-electron chi connectivity index (χ0n) is 9.78. The summed E-state index contributed by atoms with van der Waals surface area (Å²) in [6, 6.07) is 0. The second-order valence-electron chi connectivity index (χ2n) is 3.81. The molecule has 2 aromatic rings. The molecule has 0 aliphatic heterocycles. The van der Waals surface area contributed by atoms with E-state index in [1.807, 2.05) is 6.20 Å². The lowest BCUT2D eigenvalue weighted by atomic mass is 10.3. The van der Waals surface area contributed by atoms with Crippen LogP contribution in [-0.4, -0.2) is 25.7 Å². The van der Waals surface area contributed by atoms with Gasteiger partial charge in [-0.2, -0.15) is 5.10 Å². The number of aromatic nitrogens is 4. The second kappa shape index (κ2) is 5.76. The largest absolute Gasteiger partial charge is 0.370 e. The van der Waals surface area contributed by atoms with Gasteiger partial charge in [-0.15, -0.1) is 0 Å². The quantitative estimate of drug-likeness (QED) is 0.781. The van der Waals surface area contributed by atoms with Crippen LogP contribution in [0.2, 0.25) is 0 Å². The lowest BCUT2D eigenvalue weighted by Crippen LogP contribution is -2.11. The number of hydrogen-bond acceptors (Lipinski definition) is 5. The van der Waals surface area contributed by atoms with E-state index in [2.05, 4.69) is 20.4 Å². The molecule has 2 heterocycles. The third-order valence-corrected chi connectivity index (χ3v) is 2.29. The number of primary amides is 1. The van der Waals surface area contributed by atoms with E-state index in [-0.39, 0.29) is 5.91 Å². The van der Waals surface area contributed by atoms with Gasteiger partial charge in [0.05, 0.1) is 30.0 Å². The van der Waals surface area contributed by atoms with E-state index < -0.39 is 0 Å². The van der Waals surface area contributed by atoms with Crippen molar-refractivity contribution in [1.82, 2.24) is 19.7 Å². The van der Waals surface area contributed by atoms with Crippen LogP contribution in [-0.2, 0) is 11.3 Å². The van der Waals surface area contributed by atoms with Crippen LogP contribution >= 0.6 is 0 Å². The SMILES string of the molecule is NC(=O)CCCn1cc(Nc2cncnc2)cn1. The van der Waals surface area contributed by atoms with Gasteiger partial charge in [-0.1, -0.05) is 0 Å². The number of nitrogens with one attached hydrogen (secondary N) is 1. The second-order valence-corrected chi connectivity index (χ2v) is 3.81. The van der Waals surface area contributed by atoms with E-state index in [9.17, 15) is 4.79 Å². The van der Waals surface area contributed by atoms with Gasteiger partial charge < -0.3 is 11.1 Å². The molecule has 2 rings (SSSR count). The monoisotopic (exact) mass is 246 g/mol. The minimum absolute atomic E-state index is 0.290. The molecule has 0 aliphatic carbocycles. The van der Waals surface area contributed by atoms with Gasteiger partial charge in [-0.3, -0.25) is 9.48 Å². The Morgan fingerprint density at radius 1 is 1.28 bits per heavy atom. The first-order valence-corrected chi connectivity index (χ1v) is 5.57. The number of rotatable bonds is 6. The highest BCUT2D eigenvalue weighted by Crippen LogP contribution is 2.13. The summed E-state index contributed by atoms with van der Waals surface area (Å²) in [4.78, 5) is 18.4. The molecule has 0 unspecified atom stereocenters.